The minimum atomic E-state index is -4.27. The van der Waals surface area contributed by atoms with Gasteiger partial charge in [0.2, 0.25) is 5.24 Å². The number of sulfonamides is 1. The van der Waals surface area contributed by atoms with Gasteiger partial charge in [0.05, 0.1) is 15.7 Å². The molecule has 0 atom stereocenters. The third-order valence-electron chi connectivity index (χ3n) is 2.91. The van der Waals surface area contributed by atoms with E-state index in [0.717, 1.165) is 4.31 Å². The highest BCUT2D eigenvalue weighted by Gasteiger charge is 2.30. The zero-order valence-electron chi connectivity index (χ0n) is 11.6. The summed E-state index contributed by atoms with van der Waals surface area (Å²) in [6, 6.07) is 8.12. The molecule has 0 aliphatic rings. The maximum absolute atomic E-state index is 13.0. The van der Waals surface area contributed by atoms with Gasteiger partial charge in [-0.1, -0.05) is 46.4 Å². The number of carbonyl (C=O) groups excluding carboxylic acids is 1. The van der Waals surface area contributed by atoms with Crippen LogP contribution in [0.15, 0.2) is 41.3 Å². The first-order chi connectivity index (χ1) is 11.1. The summed E-state index contributed by atoms with van der Waals surface area (Å²) >= 11 is 29.2. The van der Waals surface area contributed by atoms with Crippen molar-refractivity contribution in [2.75, 3.05) is 10.8 Å². The predicted molar refractivity (Wildman–Crippen MR) is 98.3 cm³/mol. The fourth-order valence-electron chi connectivity index (χ4n) is 1.88. The Morgan fingerprint density at radius 1 is 0.917 bits per heavy atom. The molecular formula is C14H8Cl5NO3S. The highest BCUT2D eigenvalue weighted by Crippen LogP contribution is 2.35. The van der Waals surface area contributed by atoms with Crippen LogP contribution in [0.4, 0.5) is 5.69 Å². The first-order valence-electron chi connectivity index (χ1n) is 6.24. The maximum atomic E-state index is 13.0. The Hall–Kier alpha value is -0.690. The Bertz CT molecular complexity index is 901. The number of hydrogen-bond acceptors (Lipinski definition) is 3. The summed E-state index contributed by atoms with van der Waals surface area (Å²) in [7, 11) is -4.27. The Morgan fingerprint density at radius 2 is 1.46 bits per heavy atom. The van der Waals surface area contributed by atoms with Crippen LogP contribution >= 0.6 is 58.0 Å². The molecule has 0 bridgehead atoms. The molecule has 0 aliphatic heterocycles. The molecular weight excluding hydrogens is 439 g/mol. The van der Waals surface area contributed by atoms with Crippen molar-refractivity contribution in [1.82, 2.24) is 0 Å². The van der Waals surface area contributed by atoms with Crippen molar-refractivity contribution in [2.24, 2.45) is 0 Å². The highest BCUT2D eigenvalue weighted by molar-refractivity contribution is 7.93. The molecule has 0 N–H and O–H groups in total. The lowest BCUT2D eigenvalue weighted by atomic mass is 10.3. The van der Waals surface area contributed by atoms with Crippen LogP contribution in [-0.2, 0) is 14.8 Å². The van der Waals surface area contributed by atoms with E-state index in [2.05, 4.69) is 0 Å². The van der Waals surface area contributed by atoms with Crippen molar-refractivity contribution < 1.29 is 13.2 Å². The van der Waals surface area contributed by atoms with Crippen LogP contribution < -0.4 is 4.31 Å². The third kappa shape index (κ3) is 4.28. The Morgan fingerprint density at radius 3 is 2.04 bits per heavy atom. The van der Waals surface area contributed by atoms with Crippen LogP contribution in [-0.4, -0.2) is 20.2 Å². The molecule has 0 unspecified atom stereocenters. The molecule has 2 aromatic rings. The number of nitrogens with zero attached hydrogens (tertiary/aromatic N) is 1. The average Bonchev–Trinajstić information content (AvgIpc) is 2.49. The van der Waals surface area contributed by atoms with Crippen LogP contribution in [0.2, 0.25) is 20.1 Å². The molecule has 0 amide bonds. The van der Waals surface area contributed by atoms with E-state index < -0.39 is 21.8 Å². The molecule has 24 heavy (non-hydrogen) atoms. The van der Waals surface area contributed by atoms with Gasteiger partial charge in [0.1, 0.15) is 11.4 Å². The van der Waals surface area contributed by atoms with Crippen molar-refractivity contribution in [2.45, 2.75) is 4.90 Å². The van der Waals surface area contributed by atoms with E-state index in [9.17, 15) is 13.2 Å². The van der Waals surface area contributed by atoms with Crippen LogP contribution in [0.25, 0.3) is 0 Å². The van der Waals surface area contributed by atoms with Gasteiger partial charge < -0.3 is 0 Å². The first-order valence-corrected chi connectivity index (χ1v) is 9.57. The largest absolute Gasteiger partial charge is 0.279 e. The fraction of sp³-hybridized carbons (Fsp3) is 0.0714. The summed E-state index contributed by atoms with van der Waals surface area (Å²) in [4.78, 5) is 11.1. The van der Waals surface area contributed by atoms with E-state index in [1.54, 1.807) is 0 Å². The van der Waals surface area contributed by atoms with E-state index in [-0.39, 0.29) is 30.7 Å². The second-order valence-electron chi connectivity index (χ2n) is 4.54. The number of halogens is 5. The Labute approximate surface area is 163 Å². The standard InChI is InChI=1S/C14H8Cl5NO3S/c15-8-1-3-10(17)12(5-8)20(7-14(19)21)24(22,23)13-6-9(16)2-4-11(13)18/h1-6H,7H2. The van der Waals surface area contributed by atoms with Gasteiger partial charge in [-0.25, -0.2) is 8.42 Å². The van der Waals surface area contributed by atoms with E-state index >= 15 is 0 Å². The van der Waals surface area contributed by atoms with Crippen LogP contribution in [0.5, 0.6) is 0 Å². The topological polar surface area (TPSA) is 54.5 Å². The molecule has 0 radical (unpaired) electrons. The summed E-state index contributed by atoms with van der Waals surface area (Å²) < 4.78 is 26.7. The van der Waals surface area contributed by atoms with Crippen molar-refractivity contribution in [1.29, 1.82) is 0 Å². The molecule has 2 rings (SSSR count). The molecule has 10 heteroatoms. The second kappa shape index (κ2) is 7.68. The smallest absolute Gasteiger partial charge is 0.266 e. The van der Waals surface area contributed by atoms with Gasteiger partial charge in [0.15, 0.2) is 0 Å². The summed E-state index contributed by atoms with van der Waals surface area (Å²) in [5, 5.41) is -0.516. The van der Waals surface area contributed by atoms with Crippen molar-refractivity contribution in [3.63, 3.8) is 0 Å². The lowest BCUT2D eigenvalue weighted by molar-refractivity contribution is -0.110. The zero-order valence-corrected chi connectivity index (χ0v) is 16.2. The fourth-order valence-corrected chi connectivity index (χ4v) is 4.68. The van der Waals surface area contributed by atoms with Gasteiger partial charge in [-0.2, -0.15) is 0 Å². The minimum Gasteiger partial charge on any atom is -0.279 e. The monoisotopic (exact) mass is 445 g/mol. The molecule has 0 heterocycles. The zero-order chi connectivity index (χ0) is 18.1. The molecule has 2 aromatic carbocycles. The average molecular weight is 448 g/mol. The maximum Gasteiger partial charge on any atom is 0.266 e. The van der Waals surface area contributed by atoms with Crippen LogP contribution in [0, 0.1) is 0 Å². The lowest BCUT2D eigenvalue weighted by Crippen LogP contribution is -2.35. The molecule has 0 saturated carbocycles. The molecule has 0 saturated heterocycles. The number of rotatable bonds is 5. The molecule has 128 valence electrons. The van der Waals surface area contributed by atoms with E-state index in [0.29, 0.717) is 0 Å². The molecule has 0 aromatic heterocycles. The lowest BCUT2D eigenvalue weighted by Gasteiger charge is -2.24. The van der Waals surface area contributed by atoms with Gasteiger partial charge in [0, 0.05) is 10.0 Å². The normalized spacial score (nSPS) is 11.4. The van der Waals surface area contributed by atoms with E-state index in [4.69, 9.17) is 58.0 Å². The van der Waals surface area contributed by atoms with Gasteiger partial charge in [-0.05, 0) is 48.0 Å². The van der Waals surface area contributed by atoms with Gasteiger partial charge in [-0.3, -0.25) is 9.10 Å². The third-order valence-corrected chi connectivity index (χ3v) is 6.06. The summed E-state index contributed by atoms with van der Waals surface area (Å²) in [5.41, 5.74) is -0.00536. The van der Waals surface area contributed by atoms with Gasteiger partial charge in [0.25, 0.3) is 10.0 Å². The van der Waals surface area contributed by atoms with E-state index in [1.807, 2.05) is 0 Å². The number of hydrogen-bond donors (Lipinski definition) is 0. The first kappa shape index (κ1) is 19.6. The number of carbonyl (C=O) groups is 1. The number of benzene rings is 2. The summed E-state index contributed by atoms with van der Waals surface area (Å²) in [6.07, 6.45) is 0. The quantitative estimate of drug-likeness (QED) is 0.588. The van der Waals surface area contributed by atoms with E-state index in [1.165, 1.54) is 36.4 Å². The van der Waals surface area contributed by atoms with Crippen molar-refractivity contribution in [3.05, 3.63) is 56.5 Å². The van der Waals surface area contributed by atoms with Crippen molar-refractivity contribution in [3.8, 4) is 0 Å². The Kier molecular flexibility index (Phi) is 6.29. The second-order valence-corrected chi connectivity index (χ2v) is 8.48. The molecule has 0 fully saturated rings. The van der Waals surface area contributed by atoms with Crippen LogP contribution in [0.3, 0.4) is 0 Å². The Balaban J connectivity index is 2.69. The van der Waals surface area contributed by atoms with Gasteiger partial charge in [-0.15, -0.1) is 0 Å². The SMILES string of the molecule is O=C(Cl)CN(c1cc(Cl)ccc1Cl)S(=O)(=O)c1cc(Cl)ccc1Cl. The van der Waals surface area contributed by atoms with Crippen molar-refractivity contribution >= 4 is 79.0 Å². The molecule has 0 aliphatic carbocycles. The minimum absolute atomic E-state index is 0.00536. The highest BCUT2D eigenvalue weighted by atomic mass is 35.5. The van der Waals surface area contributed by atoms with Crippen LogP contribution in [0.1, 0.15) is 0 Å². The number of anilines is 1. The molecule has 0 spiro atoms. The predicted octanol–water partition coefficient (Wildman–Crippen LogP) is 5.26. The summed E-state index contributed by atoms with van der Waals surface area (Å²) in [6.45, 7) is -0.660. The molecule has 4 nitrogen and oxygen atoms in total. The summed E-state index contributed by atoms with van der Waals surface area (Å²) in [5.74, 6) is 0. The van der Waals surface area contributed by atoms with Gasteiger partial charge >= 0.3 is 0 Å².